The van der Waals surface area contributed by atoms with Crippen molar-refractivity contribution in [3.05, 3.63) is 69.5 Å². The van der Waals surface area contributed by atoms with Crippen LogP contribution in [0.15, 0.2) is 42.5 Å². The second-order valence-corrected chi connectivity index (χ2v) is 5.30. The second-order valence-electron chi connectivity index (χ2n) is 5.30. The Balaban J connectivity index is 1.83. The number of benzene rings is 2. The van der Waals surface area contributed by atoms with Gasteiger partial charge in [-0.3, -0.25) is 14.9 Å². The molecule has 26 heavy (non-hydrogen) atoms. The molecule has 0 atom stereocenters. The molecule has 0 aliphatic heterocycles. The average Bonchev–Trinajstić information content (AvgIpc) is 2.61. The maximum absolute atomic E-state index is 13.4. The lowest BCUT2D eigenvalue weighted by molar-refractivity contribution is -0.384. The van der Waals surface area contributed by atoms with Crippen molar-refractivity contribution in [3.63, 3.8) is 0 Å². The highest BCUT2D eigenvalue weighted by Crippen LogP contribution is 2.20. The van der Waals surface area contributed by atoms with Crippen molar-refractivity contribution < 1.29 is 23.6 Å². The summed E-state index contributed by atoms with van der Waals surface area (Å²) in [7, 11) is 0. The van der Waals surface area contributed by atoms with E-state index >= 15 is 0 Å². The van der Waals surface area contributed by atoms with Crippen LogP contribution in [0.1, 0.15) is 15.9 Å². The molecule has 0 aliphatic rings. The lowest BCUT2D eigenvalue weighted by Crippen LogP contribution is -2.30. The van der Waals surface area contributed by atoms with E-state index in [9.17, 15) is 24.1 Å². The van der Waals surface area contributed by atoms with E-state index in [1.807, 2.05) is 0 Å². The Hall–Kier alpha value is -3.49. The molecule has 0 saturated heterocycles. The maximum Gasteiger partial charge on any atom is 0.341 e. The summed E-state index contributed by atoms with van der Waals surface area (Å²) in [6, 6.07) is 9.52. The van der Waals surface area contributed by atoms with Gasteiger partial charge in [0.05, 0.1) is 10.5 Å². The van der Waals surface area contributed by atoms with Crippen LogP contribution in [0.2, 0.25) is 0 Å². The van der Waals surface area contributed by atoms with Gasteiger partial charge in [-0.15, -0.1) is 0 Å². The minimum Gasteiger partial charge on any atom is -0.452 e. The molecule has 3 N–H and O–H groups in total. The Bertz CT molecular complexity index is 841. The van der Waals surface area contributed by atoms with Gasteiger partial charge in [0, 0.05) is 24.4 Å². The van der Waals surface area contributed by atoms with Crippen molar-refractivity contribution >= 4 is 23.3 Å². The van der Waals surface area contributed by atoms with Gasteiger partial charge in [0.15, 0.2) is 6.61 Å². The number of nitro groups is 1. The number of halogens is 1. The van der Waals surface area contributed by atoms with Crippen molar-refractivity contribution in [1.29, 1.82) is 0 Å². The van der Waals surface area contributed by atoms with Crippen molar-refractivity contribution in [2.24, 2.45) is 0 Å². The normalized spacial score (nSPS) is 10.2. The molecule has 136 valence electrons. The molecule has 0 saturated carbocycles. The Morgan fingerprint density at radius 3 is 2.65 bits per heavy atom. The van der Waals surface area contributed by atoms with Gasteiger partial charge < -0.3 is 15.8 Å². The highest BCUT2D eigenvalue weighted by Gasteiger charge is 2.17. The van der Waals surface area contributed by atoms with Crippen LogP contribution >= 0.6 is 0 Å². The third-order valence-electron chi connectivity index (χ3n) is 3.48. The Kier molecular flexibility index (Phi) is 6.20. The summed E-state index contributed by atoms with van der Waals surface area (Å²) < 4.78 is 18.2. The topological polar surface area (TPSA) is 125 Å². The molecule has 8 nitrogen and oxygen atoms in total. The Labute approximate surface area is 147 Å². The first kappa shape index (κ1) is 18.8. The largest absolute Gasteiger partial charge is 0.452 e. The van der Waals surface area contributed by atoms with Crippen LogP contribution < -0.4 is 11.1 Å². The van der Waals surface area contributed by atoms with Gasteiger partial charge >= 0.3 is 5.97 Å². The number of amides is 1. The zero-order valence-electron chi connectivity index (χ0n) is 13.6. The number of hydrogen-bond acceptors (Lipinski definition) is 6. The first-order valence-corrected chi connectivity index (χ1v) is 7.59. The summed E-state index contributed by atoms with van der Waals surface area (Å²) in [6.07, 6.45) is 0.282. The van der Waals surface area contributed by atoms with Gasteiger partial charge in [0.1, 0.15) is 5.82 Å². The predicted molar refractivity (Wildman–Crippen MR) is 90.9 cm³/mol. The molecule has 0 aromatic heterocycles. The maximum atomic E-state index is 13.4. The van der Waals surface area contributed by atoms with Crippen molar-refractivity contribution in [2.45, 2.75) is 6.42 Å². The van der Waals surface area contributed by atoms with E-state index in [1.165, 1.54) is 12.1 Å². The molecular formula is C17H16FN3O5. The fourth-order valence-electron chi connectivity index (χ4n) is 2.13. The van der Waals surface area contributed by atoms with E-state index in [4.69, 9.17) is 10.5 Å². The molecule has 0 spiro atoms. The number of nitro benzene ring substituents is 1. The Morgan fingerprint density at radius 2 is 1.96 bits per heavy atom. The van der Waals surface area contributed by atoms with E-state index in [2.05, 4.69) is 5.32 Å². The van der Waals surface area contributed by atoms with E-state index in [-0.39, 0.29) is 35.7 Å². The van der Waals surface area contributed by atoms with Crippen LogP contribution in [0.5, 0.6) is 0 Å². The van der Waals surface area contributed by atoms with Gasteiger partial charge in [-0.1, -0.05) is 18.2 Å². The molecule has 0 fully saturated rings. The lowest BCUT2D eigenvalue weighted by atomic mass is 10.1. The number of carbonyl (C=O) groups excluding carboxylic acids is 2. The Morgan fingerprint density at radius 1 is 1.23 bits per heavy atom. The lowest BCUT2D eigenvalue weighted by Gasteiger charge is -2.08. The molecule has 0 aliphatic carbocycles. The molecule has 2 aromatic rings. The zero-order valence-corrected chi connectivity index (χ0v) is 13.6. The van der Waals surface area contributed by atoms with Crippen LogP contribution in [-0.2, 0) is 16.0 Å². The monoisotopic (exact) mass is 361 g/mol. The SMILES string of the molecule is Nc1ccc([N+](=O)[O-])cc1C(=O)OCC(=O)NCCc1ccccc1F. The number of nitrogens with one attached hydrogen (secondary N) is 1. The first-order chi connectivity index (χ1) is 12.4. The van der Waals surface area contributed by atoms with Crippen molar-refractivity contribution in [2.75, 3.05) is 18.9 Å². The summed E-state index contributed by atoms with van der Waals surface area (Å²) in [5, 5.41) is 13.2. The first-order valence-electron chi connectivity index (χ1n) is 7.59. The van der Waals surface area contributed by atoms with Gasteiger partial charge in [-0.05, 0) is 24.1 Å². The van der Waals surface area contributed by atoms with E-state index < -0.39 is 23.4 Å². The highest BCUT2D eigenvalue weighted by atomic mass is 19.1. The molecule has 0 unspecified atom stereocenters. The molecule has 0 heterocycles. The summed E-state index contributed by atoms with van der Waals surface area (Å²) in [5.74, 6) is -1.90. The van der Waals surface area contributed by atoms with Gasteiger partial charge in [0.25, 0.3) is 11.6 Å². The average molecular weight is 361 g/mol. The molecule has 1 amide bonds. The summed E-state index contributed by atoms with van der Waals surface area (Å²) in [6.45, 7) is -0.422. The van der Waals surface area contributed by atoms with E-state index in [1.54, 1.807) is 18.2 Å². The van der Waals surface area contributed by atoms with Gasteiger partial charge in [-0.25, -0.2) is 9.18 Å². The van der Waals surface area contributed by atoms with Gasteiger partial charge in [-0.2, -0.15) is 0 Å². The number of carbonyl (C=O) groups is 2. The van der Waals surface area contributed by atoms with Crippen molar-refractivity contribution in [3.8, 4) is 0 Å². The van der Waals surface area contributed by atoms with Crippen LogP contribution in [0.4, 0.5) is 15.8 Å². The highest BCUT2D eigenvalue weighted by molar-refractivity contribution is 5.96. The standard InChI is InChI=1S/C17H16FN3O5/c18-14-4-2-1-3-11(14)7-8-20-16(22)10-26-17(23)13-9-12(21(24)25)5-6-15(13)19/h1-6,9H,7-8,10,19H2,(H,20,22). The van der Waals surface area contributed by atoms with Crippen LogP contribution in [0, 0.1) is 15.9 Å². The number of anilines is 1. The third-order valence-corrected chi connectivity index (χ3v) is 3.48. The summed E-state index contributed by atoms with van der Waals surface area (Å²) in [5.41, 5.74) is 5.53. The number of nitrogen functional groups attached to an aromatic ring is 1. The zero-order chi connectivity index (χ0) is 19.1. The predicted octanol–water partition coefficient (Wildman–Crippen LogP) is 1.83. The smallest absolute Gasteiger partial charge is 0.341 e. The number of non-ortho nitro benzene ring substituents is 1. The summed E-state index contributed by atoms with van der Waals surface area (Å²) in [4.78, 5) is 33.7. The molecule has 2 rings (SSSR count). The number of nitrogens with zero attached hydrogens (tertiary/aromatic N) is 1. The van der Waals surface area contributed by atoms with E-state index in [0.717, 1.165) is 12.1 Å². The number of hydrogen-bond donors (Lipinski definition) is 2. The minimum atomic E-state index is -0.949. The van der Waals surface area contributed by atoms with Crippen molar-refractivity contribution in [1.82, 2.24) is 5.32 Å². The molecule has 9 heteroatoms. The number of esters is 1. The molecular weight excluding hydrogens is 345 g/mol. The van der Waals surface area contributed by atoms with Crippen LogP contribution in [0.3, 0.4) is 0 Å². The van der Waals surface area contributed by atoms with Crippen LogP contribution in [0.25, 0.3) is 0 Å². The second kappa shape index (κ2) is 8.56. The molecule has 0 bridgehead atoms. The van der Waals surface area contributed by atoms with Crippen LogP contribution in [-0.4, -0.2) is 30.0 Å². The number of ether oxygens (including phenoxy) is 1. The van der Waals surface area contributed by atoms with E-state index in [0.29, 0.717) is 5.56 Å². The fraction of sp³-hybridized carbons (Fsp3) is 0.176. The minimum absolute atomic E-state index is 0.000519. The number of nitrogens with two attached hydrogens (primary N) is 1. The molecule has 2 aromatic carbocycles. The summed E-state index contributed by atoms with van der Waals surface area (Å²) >= 11 is 0. The fourth-order valence-corrected chi connectivity index (χ4v) is 2.13. The molecule has 0 radical (unpaired) electrons. The van der Waals surface area contributed by atoms with Gasteiger partial charge in [0.2, 0.25) is 0 Å². The third kappa shape index (κ3) is 5.00. The quantitative estimate of drug-likeness (QED) is 0.335. The number of rotatable bonds is 7.